The van der Waals surface area contributed by atoms with Crippen LogP contribution in [0.4, 0.5) is 0 Å². The molecular formula is C14H14Cl2N4O3. The monoisotopic (exact) mass is 356 g/mol. The van der Waals surface area contributed by atoms with Gasteiger partial charge in [-0.15, -0.1) is 5.10 Å². The second-order valence-electron chi connectivity index (χ2n) is 4.72. The number of para-hydroxylation sites is 1. The number of nitrogens with zero attached hydrogens (tertiary/aromatic N) is 3. The van der Waals surface area contributed by atoms with Crippen LogP contribution in [0.3, 0.4) is 0 Å². The van der Waals surface area contributed by atoms with Gasteiger partial charge in [0, 0.05) is 13.0 Å². The molecule has 0 unspecified atom stereocenters. The maximum Gasteiger partial charge on any atom is 0.303 e. The van der Waals surface area contributed by atoms with Gasteiger partial charge in [0.05, 0.1) is 10.0 Å². The van der Waals surface area contributed by atoms with E-state index in [1.54, 1.807) is 25.1 Å². The highest BCUT2D eigenvalue weighted by Gasteiger charge is 2.18. The number of benzene rings is 1. The molecule has 23 heavy (non-hydrogen) atoms. The van der Waals surface area contributed by atoms with E-state index in [0.717, 1.165) is 0 Å². The molecule has 0 aliphatic rings. The van der Waals surface area contributed by atoms with Gasteiger partial charge >= 0.3 is 5.97 Å². The topological polar surface area (TPSA) is 97.1 Å². The number of rotatable bonds is 6. The number of aliphatic carboxylic acids is 1. The zero-order chi connectivity index (χ0) is 17.0. The van der Waals surface area contributed by atoms with Gasteiger partial charge in [-0.3, -0.25) is 9.59 Å². The van der Waals surface area contributed by atoms with E-state index in [9.17, 15) is 9.59 Å². The number of carboxylic acids is 1. The summed E-state index contributed by atoms with van der Waals surface area (Å²) in [6.07, 6.45) is 0.313. The van der Waals surface area contributed by atoms with Crippen molar-refractivity contribution in [3.63, 3.8) is 0 Å². The largest absolute Gasteiger partial charge is 0.481 e. The average molecular weight is 357 g/mol. The van der Waals surface area contributed by atoms with Gasteiger partial charge < -0.3 is 10.4 Å². The summed E-state index contributed by atoms with van der Waals surface area (Å²) in [6.45, 7) is 1.90. The summed E-state index contributed by atoms with van der Waals surface area (Å²) in [5.41, 5.74) is 0.450. The van der Waals surface area contributed by atoms with E-state index in [1.165, 1.54) is 4.68 Å². The number of aromatic nitrogens is 3. The Hall–Kier alpha value is -2.12. The van der Waals surface area contributed by atoms with Crippen molar-refractivity contribution in [1.29, 1.82) is 0 Å². The zero-order valence-corrected chi connectivity index (χ0v) is 13.7. The summed E-state index contributed by atoms with van der Waals surface area (Å²) >= 11 is 12.3. The predicted octanol–water partition coefficient (Wildman–Crippen LogP) is 2.48. The smallest absolute Gasteiger partial charge is 0.303 e. The second kappa shape index (κ2) is 7.43. The van der Waals surface area contributed by atoms with Crippen LogP contribution in [0.2, 0.25) is 10.0 Å². The third-order valence-corrected chi connectivity index (χ3v) is 3.58. The number of hydrogen-bond acceptors (Lipinski definition) is 4. The number of carboxylic acid groups (broad SMARTS) is 1. The van der Waals surface area contributed by atoms with Crippen LogP contribution in [0.15, 0.2) is 18.2 Å². The van der Waals surface area contributed by atoms with E-state index in [1.807, 2.05) is 0 Å². The van der Waals surface area contributed by atoms with Crippen LogP contribution in [0.25, 0.3) is 5.69 Å². The van der Waals surface area contributed by atoms with Gasteiger partial charge in [-0.05, 0) is 25.5 Å². The fourth-order valence-electron chi connectivity index (χ4n) is 1.91. The number of aryl methyl sites for hydroxylation is 1. The third kappa shape index (κ3) is 4.20. The molecule has 2 rings (SSSR count). The lowest BCUT2D eigenvalue weighted by Crippen LogP contribution is -2.26. The fourth-order valence-corrected chi connectivity index (χ4v) is 2.47. The summed E-state index contributed by atoms with van der Waals surface area (Å²) in [6, 6.07) is 5.03. The molecule has 1 amide bonds. The summed E-state index contributed by atoms with van der Waals surface area (Å²) < 4.78 is 1.40. The van der Waals surface area contributed by atoms with Crippen molar-refractivity contribution in [2.24, 2.45) is 0 Å². The van der Waals surface area contributed by atoms with Gasteiger partial charge in [0.15, 0.2) is 0 Å². The molecule has 0 saturated heterocycles. The van der Waals surface area contributed by atoms with Gasteiger partial charge in [0.1, 0.15) is 11.5 Å². The molecular weight excluding hydrogens is 343 g/mol. The molecule has 1 aromatic heterocycles. The van der Waals surface area contributed by atoms with Crippen LogP contribution in [-0.2, 0) is 4.79 Å². The highest BCUT2D eigenvalue weighted by Crippen LogP contribution is 2.28. The fraction of sp³-hybridized carbons (Fsp3) is 0.286. The van der Waals surface area contributed by atoms with Crippen LogP contribution < -0.4 is 5.32 Å². The minimum Gasteiger partial charge on any atom is -0.481 e. The van der Waals surface area contributed by atoms with Gasteiger partial charge in [-0.1, -0.05) is 29.3 Å². The van der Waals surface area contributed by atoms with E-state index in [4.69, 9.17) is 28.3 Å². The minimum absolute atomic E-state index is 0.0175. The molecule has 0 aliphatic carbocycles. The molecule has 0 radical (unpaired) electrons. The van der Waals surface area contributed by atoms with Gasteiger partial charge in [0.25, 0.3) is 5.91 Å². The minimum atomic E-state index is -0.911. The van der Waals surface area contributed by atoms with E-state index >= 15 is 0 Å². The van der Waals surface area contributed by atoms with E-state index in [-0.39, 0.29) is 18.8 Å². The van der Waals surface area contributed by atoms with Crippen molar-refractivity contribution >= 4 is 35.1 Å². The van der Waals surface area contributed by atoms with Crippen LogP contribution in [0, 0.1) is 6.92 Å². The first kappa shape index (κ1) is 17.2. The van der Waals surface area contributed by atoms with E-state index < -0.39 is 11.9 Å². The average Bonchev–Trinajstić information content (AvgIpc) is 2.85. The molecule has 0 saturated carbocycles. The molecule has 2 N–H and O–H groups in total. The number of amides is 1. The normalized spacial score (nSPS) is 10.6. The van der Waals surface area contributed by atoms with E-state index in [2.05, 4.69) is 15.4 Å². The van der Waals surface area contributed by atoms with Crippen LogP contribution in [0.5, 0.6) is 0 Å². The standard InChI is InChI=1S/C14H14Cl2N4O3/c1-8-18-13(14(23)17-7-3-6-11(21)22)19-20(8)12-9(15)4-2-5-10(12)16/h2,4-5H,3,6-7H2,1H3,(H,17,23)(H,21,22). The molecule has 1 heterocycles. The molecule has 9 heteroatoms. The van der Waals surface area contributed by atoms with Gasteiger partial charge in [-0.2, -0.15) is 0 Å². The van der Waals surface area contributed by atoms with Crippen molar-refractivity contribution in [2.45, 2.75) is 19.8 Å². The lowest BCUT2D eigenvalue weighted by molar-refractivity contribution is -0.137. The SMILES string of the molecule is Cc1nc(C(=O)NCCCC(=O)O)nn1-c1c(Cl)cccc1Cl. The van der Waals surface area contributed by atoms with Crippen LogP contribution in [0.1, 0.15) is 29.3 Å². The van der Waals surface area contributed by atoms with Crippen molar-refractivity contribution in [3.8, 4) is 5.69 Å². The number of carbonyl (C=O) groups is 2. The Balaban J connectivity index is 2.15. The first-order valence-corrected chi connectivity index (χ1v) is 7.53. The maximum absolute atomic E-state index is 12.0. The van der Waals surface area contributed by atoms with E-state index in [0.29, 0.717) is 28.0 Å². The molecule has 122 valence electrons. The summed E-state index contributed by atoms with van der Waals surface area (Å²) in [4.78, 5) is 26.5. The quantitative estimate of drug-likeness (QED) is 0.774. The lowest BCUT2D eigenvalue weighted by Gasteiger charge is -2.07. The zero-order valence-electron chi connectivity index (χ0n) is 12.2. The van der Waals surface area contributed by atoms with Crippen LogP contribution in [-0.4, -0.2) is 38.3 Å². The maximum atomic E-state index is 12.0. The molecule has 1 aromatic carbocycles. The second-order valence-corrected chi connectivity index (χ2v) is 5.53. The lowest BCUT2D eigenvalue weighted by atomic mass is 10.3. The summed E-state index contributed by atoms with van der Waals surface area (Å²) in [5.74, 6) is -0.976. The molecule has 0 atom stereocenters. The third-order valence-electron chi connectivity index (χ3n) is 2.97. The Morgan fingerprint density at radius 2 is 1.96 bits per heavy atom. The highest BCUT2D eigenvalue weighted by molar-refractivity contribution is 6.37. The molecule has 0 bridgehead atoms. The first-order valence-electron chi connectivity index (χ1n) is 6.78. The Labute approximate surface area is 142 Å². The van der Waals surface area contributed by atoms with Crippen molar-refractivity contribution in [3.05, 3.63) is 39.9 Å². The Morgan fingerprint density at radius 3 is 2.57 bits per heavy atom. The van der Waals surface area contributed by atoms with Gasteiger partial charge in [-0.25, -0.2) is 9.67 Å². The van der Waals surface area contributed by atoms with Crippen molar-refractivity contribution in [1.82, 2.24) is 20.1 Å². The summed E-state index contributed by atoms with van der Waals surface area (Å²) in [5, 5.41) is 16.0. The number of carbonyl (C=O) groups excluding carboxylic acids is 1. The number of halogens is 2. The molecule has 2 aromatic rings. The van der Waals surface area contributed by atoms with Gasteiger partial charge in [0.2, 0.25) is 5.82 Å². The number of hydrogen-bond donors (Lipinski definition) is 2. The molecule has 0 fully saturated rings. The van der Waals surface area contributed by atoms with Crippen molar-refractivity contribution < 1.29 is 14.7 Å². The molecule has 0 spiro atoms. The molecule has 0 aliphatic heterocycles. The number of nitrogens with one attached hydrogen (secondary N) is 1. The predicted molar refractivity (Wildman–Crippen MR) is 85.3 cm³/mol. The Morgan fingerprint density at radius 1 is 1.30 bits per heavy atom. The summed E-state index contributed by atoms with van der Waals surface area (Å²) in [7, 11) is 0. The Bertz CT molecular complexity index is 725. The van der Waals surface area contributed by atoms with Crippen molar-refractivity contribution in [2.75, 3.05) is 6.54 Å². The first-order chi connectivity index (χ1) is 10.9. The highest BCUT2D eigenvalue weighted by atomic mass is 35.5. The Kier molecular flexibility index (Phi) is 5.57. The molecule has 7 nitrogen and oxygen atoms in total. The van der Waals surface area contributed by atoms with Crippen LogP contribution >= 0.6 is 23.2 Å².